The quantitative estimate of drug-likeness (QED) is 0.824. The smallest absolute Gasteiger partial charge is 0.465 e. The summed E-state index contributed by atoms with van der Waals surface area (Å²) in [6.07, 6.45) is -1.16. The van der Waals surface area contributed by atoms with Crippen LogP contribution in [0.2, 0.25) is 5.02 Å². The van der Waals surface area contributed by atoms with Gasteiger partial charge in [-0.3, -0.25) is 5.32 Å². The van der Waals surface area contributed by atoms with Gasteiger partial charge in [0.2, 0.25) is 0 Å². The van der Waals surface area contributed by atoms with E-state index in [1.807, 2.05) is 27.7 Å². The Morgan fingerprint density at radius 1 is 1.25 bits per heavy atom. The van der Waals surface area contributed by atoms with Crippen LogP contribution < -0.4 is 10.8 Å². The summed E-state index contributed by atoms with van der Waals surface area (Å²) in [7, 11) is -0.640. The van der Waals surface area contributed by atoms with Crippen LogP contribution in [0.4, 0.5) is 10.5 Å². The van der Waals surface area contributed by atoms with Gasteiger partial charge in [-0.15, -0.1) is 0 Å². The molecule has 1 heterocycles. The molecule has 1 aromatic rings. The number of nitrogens with one attached hydrogen (secondary N) is 1. The van der Waals surface area contributed by atoms with Crippen LogP contribution in [0.5, 0.6) is 0 Å². The lowest BCUT2D eigenvalue weighted by Gasteiger charge is -2.32. The fraction of sp³-hybridized carbons (Fsp3) is 0.462. The molecule has 0 atom stereocenters. The highest BCUT2D eigenvalue weighted by molar-refractivity contribution is 6.64. The predicted octanol–water partition coefficient (Wildman–Crippen LogP) is 2.73. The van der Waals surface area contributed by atoms with Crippen LogP contribution >= 0.6 is 11.6 Å². The topological polar surface area (TPSA) is 67.8 Å². The molecule has 20 heavy (non-hydrogen) atoms. The second-order valence-corrected chi connectivity index (χ2v) is 6.19. The second-order valence-electron chi connectivity index (χ2n) is 5.75. The van der Waals surface area contributed by atoms with Gasteiger partial charge in [0.15, 0.2) is 0 Å². The minimum atomic E-state index is -1.16. The fourth-order valence-electron chi connectivity index (χ4n) is 1.93. The molecule has 1 aromatic carbocycles. The maximum absolute atomic E-state index is 10.9. The van der Waals surface area contributed by atoms with Crippen LogP contribution in [0, 0.1) is 0 Å². The van der Waals surface area contributed by atoms with E-state index in [4.69, 9.17) is 26.0 Å². The number of anilines is 1. The van der Waals surface area contributed by atoms with Gasteiger partial charge in [-0.1, -0.05) is 17.7 Å². The molecule has 0 radical (unpaired) electrons. The maximum atomic E-state index is 10.9. The van der Waals surface area contributed by atoms with Crippen LogP contribution in [0.15, 0.2) is 18.2 Å². The standard InChI is InChI=1S/C13H17BClNO4/c1-12(2)13(3,4)20-14(19-12)9-6-5-8(15)7-10(9)16-11(17)18/h5-7,16H,1-4H3,(H,17,18). The van der Waals surface area contributed by atoms with Crippen molar-refractivity contribution >= 4 is 36.0 Å². The molecule has 0 aromatic heterocycles. The van der Waals surface area contributed by atoms with Crippen molar-refractivity contribution in [2.75, 3.05) is 5.32 Å². The van der Waals surface area contributed by atoms with E-state index >= 15 is 0 Å². The number of halogens is 1. The van der Waals surface area contributed by atoms with Gasteiger partial charge in [0.25, 0.3) is 0 Å². The van der Waals surface area contributed by atoms with Crippen molar-refractivity contribution < 1.29 is 19.2 Å². The predicted molar refractivity (Wildman–Crippen MR) is 78.8 cm³/mol. The summed E-state index contributed by atoms with van der Waals surface area (Å²) in [5.41, 5.74) is -0.00534. The van der Waals surface area contributed by atoms with Crippen molar-refractivity contribution in [3.05, 3.63) is 23.2 Å². The molecule has 5 nitrogen and oxygen atoms in total. The highest BCUT2D eigenvalue weighted by atomic mass is 35.5. The van der Waals surface area contributed by atoms with Crippen molar-refractivity contribution in [3.63, 3.8) is 0 Å². The van der Waals surface area contributed by atoms with E-state index in [2.05, 4.69) is 5.32 Å². The van der Waals surface area contributed by atoms with Crippen LogP contribution in [-0.2, 0) is 9.31 Å². The summed E-state index contributed by atoms with van der Waals surface area (Å²) in [5, 5.41) is 11.7. The molecule has 0 spiro atoms. The number of rotatable bonds is 2. The highest BCUT2D eigenvalue weighted by Gasteiger charge is 2.52. The Bertz CT molecular complexity index is 531. The Kier molecular flexibility index (Phi) is 3.75. The van der Waals surface area contributed by atoms with E-state index in [9.17, 15) is 4.79 Å². The zero-order valence-corrected chi connectivity index (χ0v) is 12.6. The fourth-order valence-corrected chi connectivity index (χ4v) is 2.10. The largest absolute Gasteiger partial charge is 0.496 e. The Morgan fingerprint density at radius 2 is 1.80 bits per heavy atom. The average molecular weight is 298 g/mol. The van der Waals surface area contributed by atoms with Crippen LogP contribution in [-0.4, -0.2) is 29.5 Å². The Morgan fingerprint density at radius 3 is 2.30 bits per heavy atom. The molecule has 1 aliphatic rings. The van der Waals surface area contributed by atoms with Gasteiger partial charge < -0.3 is 14.4 Å². The molecule has 2 N–H and O–H groups in total. The second kappa shape index (κ2) is 4.95. The normalized spacial score (nSPS) is 19.9. The third-order valence-electron chi connectivity index (χ3n) is 3.76. The molecule has 0 saturated carbocycles. The van der Waals surface area contributed by atoms with Crippen LogP contribution in [0.25, 0.3) is 0 Å². The summed E-state index contributed by atoms with van der Waals surface area (Å²) in [6, 6.07) is 4.92. The lowest BCUT2D eigenvalue weighted by Crippen LogP contribution is -2.41. The molecule has 1 saturated heterocycles. The van der Waals surface area contributed by atoms with Crippen LogP contribution in [0.3, 0.4) is 0 Å². The van der Waals surface area contributed by atoms with E-state index in [0.29, 0.717) is 16.2 Å². The van der Waals surface area contributed by atoms with E-state index in [-0.39, 0.29) is 0 Å². The third-order valence-corrected chi connectivity index (χ3v) is 4.00. The number of benzene rings is 1. The summed E-state index contributed by atoms with van der Waals surface area (Å²) < 4.78 is 11.8. The van der Waals surface area contributed by atoms with Crippen molar-refractivity contribution in [2.24, 2.45) is 0 Å². The number of carboxylic acid groups (broad SMARTS) is 1. The van der Waals surface area contributed by atoms with Gasteiger partial charge in [0.05, 0.1) is 11.2 Å². The van der Waals surface area contributed by atoms with Gasteiger partial charge in [-0.05, 0) is 39.8 Å². The van der Waals surface area contributed by atoms with E-state index in [0.717, 1.165) is 0 Å². The zero-order valence-electron chi connectivity index (χ0n) is 11.9. The number of carbonyl (C=O) groups is 1. The summed E-state index contributed by atoms with van der Waals surface area (Å²) in [5.74, 6) is 0. The Hall–Kier alpha value is -1.24. The number of hydrogen-bond donors (Lipinski definition) is 2. The SMILES string of the molecule is CC1(C)OB(c2ccc(Cl)cc2NC(=O)O)OC1(C)C. The molecular formula is C13H17BClNO4. The molecule has 1 aliphatic heterocycles. The van der Waals surface area contributed by atoms with Crippen molar-refractivity contribution in [3.8, 4) is 0 Å². The zero-order chi connectivity index (χ0) is 15.1. The van der Waals surface area contributed by atoms with Gasteiger partial charge >= 0.3 is 13.2 Å². The molecule has 2 rings (SSSR count). The number of amides is 1. The molecule has 0 aliphatic carbocycles. The first-order chi connectivity index (χ1) is 9.12. The Labute approximate surface area is 123 Å². The Balaban J connectivity index is 2.37. The van der Waals surface area contributed by atoms with Crippen molar-refractivity contribution in [2.45, 2.75) is 38.9 Å². The van der Waals surface area contributed by atoms with Crippen molar-refractivity contribution in [1.29, 1.82) is 0 Å². The maximum Gasteiger partial charge on any atom is 0.496 e. The monoisotopic (exact) mass is 297 g/mol. The van der Waals surface area contributed by atoms with Crippen molar-refractivity contribution in [1.82, 2.24) is 0 Å². The van der Waals surface area contributed by atoms with E-state index < -0.39 is 24.4 Å². The van der Waals surface area contributed by atoms with E-state index in [1.54, 1.807) is 12.1 Å². The van der Waals surface area contributed by atoms with Gasteiger partial charge in [-0.25, -0.2) is 4.79 Å². The van der Waals surface area contributed by atoms with E-state index in [1.165, 1.54) is 6.07 Å². The molecule has 108 valence electrons. The third kappa shape index (κ3) is 2.77. The lowest BCUT2D eigenvalue weighted by atomic mass is 9.78. The summed E-state index contributed by atoms with van der Waals surface area (Å²) >= 11 is 5.90. The van der Waals surface area contributed by atoms with Crippen LogP contribution in [0.1, 0.15) is 27.7 Å². The van der Waals surface area contributed by atoms with Gasteiger partial charge in [-0.2, -0.15) is 0 Å². The van der Waals surface area contributed by atoms with Gasteiger partial charge in [0.1, 0.15) is 0 Å². The highest BCUT2D eigenvalue weighted by Crippen LogP contribution is 2.37. The minimum absolute atomic E-state index is 0.364. The van der Waals surface area contributed by atoms with Gasteiger partial charge in [0, 0.05) is 16.2 Å². The first kappa shape index (κ1) is 15.2. The molecule has 0 bridgehead atoms. The molecular weight excluding hydrogens is 280 g/mol. The minimum Gasteiger partial charge on any atom is -0.465 e. The average Bonchev–Trinajstić information content (AvgIpc) is 2.46. The summed E-state index contributed by atoms with van der Waals surface area (Å²) in [4.78, 5) is 10.9. The first-order valence-electron chi connectivity index (χ1n) is 6.27. The lowest BCUT2D eigenvalue weighted by molar-refractivity contribution is 0.00578. The molecule has 1 fully saturated rings. The molecule has 7 heteroatoms. The first-order valence-corrected chi connectivity index (χ1v) is 6.65. The molecule has 0 unspecified atom stereocenters. The summed E-state index contributed by atoms with van der Waals surface area (Å²) in [6.45, 7) is 7.75. The molecule has 1 amide bonds. The number of hydrogen-bond acceptors (Lipinski definition) is 3.